The van der Waals surface area contributed by atoms with Crippen molar-refractivity contribution in [3.05, 3.63) is 18.0 Å². The zero-order chi connectivity index (χ0) is 13.8. The molecule has 2 N–H and O–H groups in total. The van der Waals surface area contributed by atoms with E-state index in [0.717, 1.165) is 44.0 Å². The first kappa shape index (κ1) is 14.2. The molecule has 2 atom stereocenters. The number of anilines is 1. The molecule has 0 aromatic carbocycles. The van der Waals surface area contributed by atoms with Crippen LogP contribution in [0, 0.1) is 0 Å². The summed E-state index contributed by atoms with van der Waals surface area (Å²) < 4.78 is 0. The van der Waals surface area contributed by atoms with Crippen molar-refractivity contribution >= 4 is 5.95 Å². The van der Waals surface area contributed by atoms with Gasteiger partial charge in [-0.1, -0.05) is 6.92 Å². The third kappa shape index (κ3) is 3.64. The van der Waals surface area contributed by atoms with E-state index in [-0.39, 0.29) is 6.04 Å². The average Bonchev–Trinajstić information content (AvgIpc) is 2.42. The largest absolute Gasteiger partial charge is 0.338 e. The quantitative estimate of drug-likeness (QED) is 0.874. The van der Waals surface area contributed by atoms with Gasteiger partial charge < -0.3 is 15.5 Å². The predicted molar refractivity (Wildman–Crippen MR) is 78.3 cm³/mol. The van der Waals surface area contributed by atoms with Gasteiger partial charge in [0.1, 0.15) is 0 Å². The fourth-order valence-electron chi connectivity index (χ4n) is 2.29. The summed E-state index contributed by atoms with van der Waals surface area (Å²) in [6.45, 7) is 7.39. The van der Waals surface area contributed by atoms with Crippen molar-refractivity contribution in [1.82, 2.24) is 14.9 Å². The first-order valence-electron chi connectivity index (χ1n) is 7.11. The summed E-state index contributed by atoms with van der Waals surface area (Å²) in [5.41, 5.74) is 7.07. The van der Waals surface area contributed by atoms with Gasteiger partial charge in [-0.3, -0.25) is 0 Å². The summed E-state index contributed by atoms with van der Waals surface area (Å²) in [7, 11) is 2.16. The van der Waals surface area contributed by atoms with E-state index in [1.165, 1.54) is 0 Å². The highest BCUT2D eigenvalue weighted by molar-refractivity contribution is 5.31. The Kier molecular flexibility index (Phi) is 4.71. The smallest absolute Gasteiger partial charge is 0.225 e. The van der Waals surface area contributed by atoms with E-state index in [2.05, 4.69) is 40.7 Å². The van der Waals surface area contributed by atoms with Crippen LogP contribution in [-0.2, 0) is 6.42 Å². The number of hydrogen-bond donors (Lipinski definition) is 1. The lowest BCUT2D eigenvalue weighted by atomic mass is 10.1. The van der Waals surface area contributed by atoms with Gasteiger partial charge in [-0.05, 0) is 32.4 Å². The number of hydrogen-bond acceptors (Lipinski definition) is 5. The molecule has 1 aliphatic rings. The fraction of sp³-hybridized carbons (Fsp3) is 0.714. The van der Waals surface area contributed by atoms with E-state index in [4.69, 9.17) is 5.73 Å². The Bertz CT molecular complexity index is 391. The molecule has 0 aliphatic carbocycles. The van der Waals surface area contributed by atoms with E-state index in [1.54, 1.807) is 0 Å². The van der Waals surface area contributed by atoms with Crippen LogP contribution in [0.2, 0.25) is 0 Å². The molecule has 5 nitrogen and oxygen atoms in total. The zero-order valence-corrected chi connectivity index (χ0v) is 12.2. The molecule has 0 saturated carbocycles. The third-order valence-corrected chi connectivity index (χ3v) is 3.96. The monoisotopic (exact) mass is 263 g/mol. The highest BCUT2D eigenvalue weighted by Crippen LogP contribution is 2.14. The van der Waals surface area contributed by atoms with Crippen molar-refractivity contribution < 1.29 is 0 Å². The molecule has 2 rings (SSSR count). The number of likely N-dealkylation sites (N-methyl/N-ethyl adjacent to an activating group) is 1. The van der Waals surface area contributed by atoms with Gasteiger partial charge in [-0.25, -0.2) is 9.97 Å². The summed E-state index contributed by atoms with van der Waals surface area (Å²) in [5, 5.41) is 0. The Labute approximate surface area is 115 Å². The standard InChI is InChI=1S/C14H25N5/c1-4-13(15)7-12-8-16-14(17-9-12)19-6-5-18(3)11(2)10-19/h8-9,11,13H,4-7,10,15H2,1-3H3. The van der Waals surface area contributed by atoms with Gasteiger partial charge in [0.15, 0.2) is 0 Å². The molecular weight excluding hydrogens is 238 g/mol. The lowest BCUT2D eigenvalue weighted by Gasteiger charge is -2.37. The maximum Gasteiger partial charge on any atom is 0.225 e. The molecule has 1 aliphatic heterocycles. The van der Waals surface area contributed by atoms with Crippen LogP contribution >= 0.6 is 0 Å². The summed E-state index contributed by atoms with van der Waals surface area (Å²) in [6, 6.07) is 0.753. The molecule has 0 amide bonds. The SMILES string of the molecule is CCC(N)Cc1cnc(N2CCN(C)C(C)C2)nc1. The molecule has 0 radical (unpaired) electrons. The number of aromatic nitrogens is 2. The first-order valence-corrected chi connectivity index (χ1v) is 7.11. The highest BCUT2D eigenvalue weighted by Gasteiger charge is 2.22. The number of piperazine rings is 1. The van der Waals surface area contributed by atoms with Gasteiger partial charge in [0.05, 0.1) is 0 Å². The van der Waals surface area contributed by atoms with Crippen LogP contribution in [0.15, 0.2) is 12.4 Å². The minimum Gasteiger partial charge on any atom is -0.338 e. The summed E-state index contributed by atoms with van der Waals surface area (Å²) in [5.74, 6) is 0.841. The van der Waals surface area contributed by atoms with Crippen molar-refractivity contribution in [2.24, 2.45) is 5.73 Å². The maximum absolute atomic E-state index is 5.95. The van der Waals surface area contributed by atoms with E-state index in [9.17, 15) is 0 Å². The van der Waals surface area contributed by atoms with Crippen LogP contribution in [0.1, 0.15) is 25.8 Å². The van der Waals surface area contributed by atoms with Crippen molar-refractivity contribution in [3.63, 3.8) is 0 Å². The Morgan fingerprint density at radius 2 is 2.05 bits per heavy atom. The molecule has 106 valence electrons. The predicted octanol–water partition coefficient (Wildman–Crippen LogP) is 0.897. The lowest BCUT2D eigenvalue weighted by Crippen LogP contribution is -2.50. The average molecular weight is 263 g/mol. The van der Waals surface area contributed by atoms with Crippen LogP contribution in [0.5, 0.6) is 0 Å². The zero-order valence-electron chi connectivity index (χ0n) is 12.2. The van der Waals surface area contributed by atoms with E-state index < -0.39 is 0 Å². The number of nitrogens with zero attached hydrogens (tertiary/aromatic N) is 4. The third-order valence-electron chi connectivity index (χ3n) is 3.96. The fourth-order valence-corrected chi connectivity index (χ4v) is 2.29. The molecule has 1 aromatic rings. The van der Waals surface area contributed by atoms with Gasteiger partial charge in [0.2, 0.25) is 5.95 Å². The van der Waals surface area contributed by atoms with E-state index >= 15 is 0 Å². The van der Waals surface area contributed by atoms with Gasteiger partial charge in [0, 0.05) is 44.1 Å². The Balaban J connectivity index is 1.98. The summed E-state index contributed by atoms with van der Waals surface area (Å²) in [4.78, 5) is 13.6. The second-order valence-corrected chi connectivity index (χ2v) is 5.54. The molecule has 1 fully saturated rings. The molecule has 19 heavy (non-hydrogen) atoms. The maximum atomic E-state index is 5.95. The van der Waals surface area contributed by atoms with Crippen LogP contribution in [-0.4, -0.2) is 53.6 Å². The molecule has 0 spiro atoms. The van der Waals surface area contributed by atoms with Crippen LogP contribution < -0.4 is 10.6 Å². The first-order chi connectivity index (χ1) is 9.10. The van der Waals surface area contributed by atoms with Crippen molar-refractivity contribution in [2.45, 2.75) is 38.8 Å². The van der Waals surface area contributed by atoms with Crippen molar-refractivity contribution in [3.8, 4) is 0 Å². The van der Waals surface area contributed by atoms with Gasteiger partial charge >= 0.3 is 0 Å². The van der Waals surface area contributed by atoms with E-state index in [0.29, 0.717) is 6.04 Å². The number of nitrogens with two attached hydrogens (primary N) is 1. The summed E-state index contributed by atoms with van der Waals surface area (Å²) in [6.07, 6.45) is 5.68. The highest BCUT2D eigenvalue weighted by atomic mass is 15.3. The lowest BCUT2D eigenvalue weighted by molar-refractivity contribution is 0.233. The van der Waals surface area contributed by atoms with Gasteiger partial charge in [0.25, 0.3) is 0 Å². The van der Waals surface area contributed by atoms with E-state index in [1.807, 2.05) is 12.4 Å². The van der Waals surface area contributed by atoms with Crippen LogP contribution in [0.4, 0.5) is 5.95 Å². The molecular formula is C14H25N5. The Hall–Kier alpha value is -1.20. The normalized spacial score (nSPS) is 22.5. The van der Waals surface area contributed by atoms with Crippen molar-refractivity contribution in [1.29, 1.82) is 0 Å². The van der Waals surface area contributed by atoms with Crippen LogP contribution in [0.25, 0.3) is 0 Å². The molecule has 0 bridgehead atoms. The molecule has 1 aromatic heterocycles. The van der Waals surface area contributed by atoms with Crippen molar-refractivity contribution in [2.75, 3.05) is 31.6 Å². The Morgan fingerprint density at radius 3 is 2.63 bits per heavy atom. The minimum atomic E-state index is 0.207. The Morgan fingerprint density at radius 1 is 1.37 bits per heavy atom. The minimum absolute atomic E-state index is 0.207. The van der Waals surface area contributed by atoms with Crippen LogP contribution in [0.3, 0.4) is 0 Å². The molecule has 2 heterocycles. The summed E-state index contributed by atoms with van der Waals surface area (Å²) >= 11 is 0. The molecule has 5 heteroatoms. The topological polar surface area (TPSA) is 58.3 Å². The second kappa shape index (κ2) is 6.30. The molecule has 1 saturated heterocycles. The second-order valence-electron chi connectivity index (χ2n) is 5.54. The van der Waals surface area contributed by atoms with Gasteiger partial charge in [-0.2, -0.15) is 0 Å². The number of rotatable bonds is 4. The van der Waals surface area contributed by atoms with Gasteiger partial charge in [-0.15, -0.1) is 0 Å². The molecule has 2 unspecified atom stereocenters.